The molecule has 0 spiro atoms. The molecule has 1 aliphatic carbocycles. The molecule has 2 aliphatic rings. The van der Waals surface area contributed by atoms with Crippen LogP contribution in [0.5, 0.6) is 0 Å². The lowest BCUT2D eigenvalue weighted by molar-refractivity contribution is -0.164. The second kappa shape index (κ2) is 9.62. The van der Waals surface area contributed by atoms with Gasteiger partial charge in [0, 0.05) is 0 Å². The summed E-state index contributed by atoms with van der Waals surface area (Å²) in [4.78, 5) is 14.0. The van der Waals surface area contributed by atoms with E-state index in [1.807, 2.05) is 98.8 Å². The van der Waals surface area contributed by atoms with Crippen LogP contribution in [0.2, 0.25) is 0 Å². The van der Waals surface area contributed by atoms with E-state index in [1.54, 1.807) is 4.31 Å². The molecule has 4 aromatic carbocycles. The molecule has 6 rings (SSSR count). The SMILES string of the molecule is CC(C)(OC(=O)[C@@H]1CCOS(=O)N1C1(c2ccccc2)c2ccccc2-c2ccccc21)c1ccccc1. The molecule has 192 valence electrons. The lowest BCUT2D eigenvalue weighted by Gasteiger charge is -2.46. The van der Waals surface area contributed by atoms with E-state index in [-0.39, 0.29) is 6.61 Å². The van der Waals surface area contributed by atoms with Gasteiger partial charge < -0.3 is 4.74 Å². The number of carbonyl (C=O) groups is 1. The molecule has 0 radical (unpaired) electrons. The summed E-state index contributed by atoms with van der Waals surface area (Å²) in [6.07, 6.45) is 0.356. The zero-order chi connectivity index (χ0) is 26.3. The third-order valence-electron chi connectivity index (χ3n) is 7.56. The van der Waals surface area contributed by atoms with Crippen molar-refractivity contribution in [1.29, 1.82) is 0 Å². The van der Waals surface area contributed by atoms with Crippen LogP contribution in [0.4, 0.5) is 0 Å². The number of esters is 1. The van der Waals surface area contributed by atoms with Gasteiger partial charge in [-0.25, -0.2) is 4.21 Å². The molecule has 1 heterocycles. The highest BCUT2D eigenvalue weighted by Gasteiger charge is 2.56. The molecular weight excluding hydrogens is 494 g/mol. The number of hydrogen-bond donors (Lipinski definition) is 0. The number of benzene rings is 4. The van der Waals surface area contributed by atoms with E-state index in [0.29, 0.717) is 6.42 Å². The van der Waals surface area contributed by atoms with Crippen molar-refractivity contribution in [1.82, 2.24) is 4.31 Å². The lowest BCUT2D eigenvalue weighted by atomic mass is 9.79. The molecule has 5 nitrogen and oxygen atoms in total. The Labute approximate surface area is 225 Å². The molecular formula is C32H29NO4S. The van der Waals surface area contributed by atoms with Crippen LogP contribution in [-0.4, -0.2) is 27.1 Å². The van der Waals surface area contributed by atoms with Gasteiger partial charge in [0.15, 0.2) is 0 Å². The highest BCUT2D eigenvalue weighted by atomic mass is 32.2. The van der Waals surface area contributed by atoms with E-state index in [4.69, 9.17) is 8.92 Å². The van der Waals surface area contributed by atoms with Gasteiger partial charge in [0.1, 0.15) is 17.2 Å². The molecule has 1 fully saturated rings. The first-order valence-corrected chi connectivity index (χ1v) is 13.9. The second-order valence-electron chi connectivity index (χ2n) is 10.1. The monoisotopic (exact) mass is 523 g/mol. The summed E-state index contributed by atoms with van der Waals surface area (Å²) >= 11 is -1.91. The average molecular weight is 524 g/mol. The van der Waals surface area contributed by atoms with E-state index in [0.717, 1.165) is 33.4 Å². The van der Waals surface area contributed by atoms with Crippen LogP contribution in [0.3, 0.4) is 0 Å². The molecule has 6 heteroatoms. The molecule has 1 unspecified atom stereocenters. The van der Waals surface area contributed by atoms with Gasteiger partial charge in [0.2, 0.25) is 11.3 Å². The number of carbonyl (C=O) groups excluding carboxylic acids is 1. The Morgan fingerprint density at radius 1 is 0.842 bits per heavy atom. The highest BCUT2D eigenvalue weighted by Crippen LogP contribution is 2.56. The maximum absolute atomic E-state index is 14.0. The molecule has 38 heavy (non-hydrogen) atoms. The summed E-state index contributed by atoms with van der Waals surface area (Å²) in [5.74, 6) is -0.423. The first-order valence-electron chi connectivity index (χ1n) is 12.8. The Balaban J connectivity index is 1.54. The zero-order valence-corrected chi connectivity index (χ0v) is 22.2. The fraction of sp³-hybridized carbons (Fsp3) is 0.219. The minimum absolute atomic E-state index is 0.197. The van der Waals surface area contributed by atoms with Gasteiger partial charge in [-0.2, -0.15) is 4.31 Å². The van der Waals surface area contributed by atoms with E-state index in [9.17, 15) is 9.00 Å². The van der Waals surface area contributed by atoms with E-state index < -0.39 is 34.4 Å². The maximum Gasteiger partial charge on any atom is 0.325 e. The van der Waals surface area contributed by atoms with Crippen LogP contribution in [0.15, 0.2) is 109 Å². The van der Waals surface area contributed by atoms with Crippen molar-refractivity contribution in [3.8, 4) is 11.1 Å². The molecule has 1 saturated heterocycles. The first-order chi connectivity index (χ1) is 18.4. The van der Waals surface area contributed by atoms with Crippen LogP contribution in [-0.2, 0) is 36.1 Å². The van der Waals surface area contributed by atoms with Crippen LogP contribution < -0.4 is 0 Å². The standard InChI is InChI=1S/C32H29NO4S/c1-31(2,23-13-5-3-6-14-23)37-30(34)29-21-22-36-38(35)33(29)32(24-15-7-4-8-16-24)27-19-11-9-17-25(27)26-18-10-12-20-28(26)32/h3-20,29H,21-22H2,1-2H3/t29-,38?/m0/s1. The molecule has 0 N–H and O–H groups in total. The Kier molecular flexibility index (Phi) is 6.26. The molecule has 0 saturated carbocycles. The van der Waals surface area contributed by atoms with Crippen molar-refractivity contribution >= 4 is 17.2 Å². The molecule has 0 bridgehead atoms. The normalized spacial score (nSPS) is 20.4. The zero-order valence-electron chi connectivity index (χ0n) is 21.4. The average Bonchev–Trinajstić information content (AvgIpc) is 3.25. The Bertz CT molecular complexity index is 1460. The summed E-state index contributed by atoms with van der Waals surface area (Å²) in [6.45, 7) is 3.96. The summed E-state index contributed by atoms with van der Waals surface area (Å²) in [7, 11) is 0. The largest absolute Gasteiger partial charge is 0.454 e. The third kappa shape index (κ3) is 3.83. The third-order valence-corrected chi connectivity index (χ3v) is 8.78. The fourth-order valence-corrected chi connectivity index (χ4v) is 7.13. The maximum atomic E-state index is 14.0. The molecule has 2 atom stereocenters. The van der Waals surface area contributed by atoms with Gasteiger partial charge >= 0.3 is 5.97 Å². The molecule has 4 aromatic rings. The minimum Gasteiger partial charge on any atom is -0.454 e. The van der Waals surface area contributed by atoms with Gasteiger partial charge in [-0.3, -0.25) is 8.98 Å². The van der Waals surface area contributed by atoms with Crippen molar-refractivity contribution in [2.45, 2.75) is 37.5 Å². The summed E-state index contributed by atoms with van der Waals surface area (Å²) in [5.41, 5.74) is 3.95. The summed E-state index contributed by atoms with van der Waals surface area (Å²) < 4.78 is 27.6. The van der Waals surface area contributed by atoms with Crippen LogP contribution in [0.1, 0.15) is 42.5 Å². The van der Waals surface area contributed by atoms with Crippen LogP contribution in [0.25, 0.3) is 11.1 Å². The molecule has 0 amide bonds. The summed E-state index contributed by atoms with van der Waals surface area (Å²) in [5, 5.41) is 0. The van der Waals surface area contributed by atoms with E-state index in [1.165, 1.54) is 0 Å². The van der Waals surface area contributed by atoms with Gasteiger partial charge in [-0.1, -0.05) is 109 Å². The van der Waals surface area contributed by atoms with Crippen molar-refractivity contribution in [3.63, 3.8) is 0 Å². The van der Waals surface area contributed by atoms with E-state index in [2.05, 4.69) is 24.3 Å². The van der Waals surface area contributed by atoms with Crippen LogP contribution >= 0.6 is 0 Å². The van der Waals surface area contributed by atoms with Crippen molar-refractivity contribution in [2.75, 3.05) is 6.61 Å². The number of nitrogens with zero attached hydrogens (tertiary/aromatic N) is 1. The molecule has 0 aromatic heterocycles. The van der Waals surface area contributed by atoms with Gasteiger partial charge in [0.05, 0.1) is 6.61 Å². The van der Waals surface area contributed by atoms with Gasteiger partial charge in [-0.15, -0.1) is 0 Å². The lowest BCUT2D eigenvalue weighted by Crippen LogP contribution is -2.59. The number of ether oxygens (including phenoxy) is 1. The first kappa shape index (κ1) is 24.7. The number of fused-ring (bicyclic) bond motifs is 3. The fourth-order valence-electron chi connectivity index (χ4n) is 5.85. The topological polar surface area (TPSA) is 55.8 Å². The predicted molar refractivity (Wildman–Crippen MR) is 148 cm³/mol. The Hall–Kier alpha value is -3.58. The van der Waals surface area contributed by atoms with Crippen molar-refractivity contribution in [3.05, 3.63) is 131 Å². The number of hydrogen-bond acceptors (Lipinski definition) is 4. The van der Waals surface area contributed by atoms with Gasteiger partial charge in [-0.05, 0) is 53.6 Å². The molecule has 1 aliphatic heterocycles. The van der Waals surface area contributed by atoms with Crippen LogP contribution in [0, 0.1) is 0 Å². The second-order valence-corrected chi connectivity index (χ2v) is 11.2. The summed E-state index contributed by atoms with van der Waals surface area (Å²) in [6, 6.07) is 35.1. The van der Waals surface area contributed by atoms with E-state index >= 15 is 0 Å². The number of rotatable bonds is 5. The van der Waals surface area contributed by atoms with Gasteiger partial charge in [0.25, 0.3) is 0 Å². The van der Waals surface area contributed by atoms with Crippen molar-refractivity contribution < 1.29 is 17.9 Å². The Morgan fingerprint density at radius 2 is 1.37 bits per heavy atom. The smallest absolute Gasteiger partial charge is 0.325 e. The minimum atomic E-state index is -1.91. The predicted octanol–water partition coefficient (Wildman–Crippen LogP) is 6.11. The highest BCUT2D eigenvalue weighted by molar-refractivity contribution is 7.77. The Morgan fingerprint density at radius 3 is 1.97 bits per heavy atom. The quantitative estimate of drug-likeness (QED) is 0.296. The van der Waals surface area contributed by atoms with Crippen molar-refractivity contribution in [2.24, 2.45) is 0 Å².